The smallest absolute Gasteiger partial charge is 0.230 e. The number of anilines is 1. The molecule has 0 aliphatic carbocycles. The van der Waals surface area contributed by atoms with Gasteiger partial charge in [0.1, 0.15) is 10.1 Å². The Morgan fingerprint density at radius 3 is 2.86 bits per heavy atom. The number of thioether (sulfide) groups is 1. The van der Waals surface area contributed by atoms with Gasteiger partial charge in [-0.05, 0) is 44.0 Å². The molecule has 1 N–H and O–H groups in total. The summed E-state index contributed by atoms with van der Waals surface area (Å²) in [6.45, 7) is 6.72. The van der Waals surface area contributed by atoms with Crippen molar-refractivity contribution in [1.29, 1.82) is 0 Å². The normalized spacial score (nSPS) is 10.7. The van der Waals surface area contributed by atoms with E-state index in [9.17, 15) is 4.79 Å². The highest BCUT2D eigenvalue weighted by atomic mass is 32.2. The average Bonchev–Trinajstić information content (AvgIpc) is 3.11. The second-order valence-electron chi connectivity index (χ2n) is 6.48. The number of para-hydroxylation sites is 2. The number of nitrogens with zero attached hydrogens (tertiary/aromatic N) is 1. The van der Waals surface area contributed by atoms with Crippen molar-refractivity contribution in [2.75, 3.05) is 11.9 Å². The molecule has 0 unspecified atom stereocenters. The first-order valence-electron chi connectivity index (χ1n) is 9.20. The van der Waals surface area contributed by atoms with Crippen LogP contribution in [0, 0.1) is 13.8 Å². The molecule has 0 bridgehead atoms. The van der Waals surface area contributed by atoms with E-state index in [1.54, 1.807) is 23.1 Å². The van der Waals surface area contributed by atoms with Gasteiger partial charge in [-0.2, -0.15) is 0 Å². The number of nitrogens with one attached hydrogen (secondary N) is 1. The zero-order valence-corrected chi connectivity index (χ0v) is 18.0. The zero-order valence-electron chi connectivity index (χ0n) is 16.3. The molecular formula is C22H24N2O2S2. The Morgan fingerprint density at radius 2 is 2.04 bits per heavy atom. The third-order valence-electron chi connectivity index (χ3n) is 4.19. The van der Waals surface area contributed by atoms with Gasteiger partial charge in [0.05, 0.1) is 24.4 Å². The van der Waals surface area contributed by atoms with E-state index in [0.29, 0.717) is 18.0 Å². The minimum absolute atomic E-state index is 0.0940. The molecule has 3 rings (SSSR count). The third-order valence-corrected chi connectivity index (χ3v) is 6.31. The zero-order chi connectivity index (χ0) is 19.9. The highest BCUT2D eigenvalue weighted by molar-refractivity contribution is 8.00. The summed E-state index contributed by atoms with van der Waals surface area (Å²) in [7, 11) is 0. The van der Waals surface area contributed by atoms with Gasteiger partial charge in [0, 0.05) is 11.1 Å². The fourth-order valence-corrected chi connectivity index (χ4v) is 4.65. The van der Waals surface area contributed by atoms with E-state index >= 15 is 0 Å². The second-order valence-corrected chi connectivity index (χ2v) is 8.56. The third kappa shape index (κ3) is 5.59. The molecule has 0 saturated heterocycles. The van der Waals surface area contributed by atoms with Crippen LogP contribution in [0.5, 0.6) is 5.75 Å². The summed E-state index contributed by atoms with van der Waals surface area (Å²) in [6.07, 6.45) is 0.251. The number of ether oxygens (including phenoxy) is 1. The number of carbonyl (C=O) groups is 1. The van der Waals surface area contributed by atoms with E-state index in [-0.39, 0.29) is 12.3 Å². The van der Waals surface area contributed by atoms with E-state index in [2.05, 4.69) is 42.3 Å². The molecule has 0 fully saturated rings. The Morgan fingerprint density at radius 1 is 1.21 bits per heavy atom. The highest BCUT2D eigenvalue weighted by Crippen LogP contribution is 2.28. The van der Waals surface area contributed by atoms with Crippen LogP contribution in [0.1, 0.15) is 29.3 Å². The molecule has 1 aromatic heterocycles. The van der Waals surface area contributed by atoms with Gasteiger partial charge in [0.2, 0.25) is 5.91 Å². The van der Waals surface area contributed by atoms with Gasteiger partial charge in [-0.25, -0.2) is 4.98 Å². The molecule has 1 heterocycles. The molecular weight excluding hydrogens is 388 g/mol. The van der Waals surface area contributed by atoms with Crippen molar-refractivity contribution in [2.45, 2.75) is 37.3 Å². The monoisotopic (exact) mass is 412 g/mol. The van der Waals surface area contributed by atoms with Gasteiger partial charge >= 0.3 is 0 Å². The number of benzene rings is 2. The summed E-state index contributed by atoms with van der Waals surface area (Å²) >= 11 is 3.30. The summed E-state index contributed by atoms with van der Waals surface area (Å²) in [5.74, 6) is 1.47. The van der Waals surface area contributed by atoms with Crippen molar-refractivity contribution < 1.29 is 9.53 Å². The number of amides is 1. The Labute approximate surface area is 174 Å². The molecule has 0 aliphatic heterocycles. The maximum atomic E-state index is 12.4. The van der Waals surface area contributed by atoms with Gasteiger partial charge < -0.3 is 10.1 Å². The molecule has 3 aromatic rings. The molecule has 0 radical (unpaired) electrons. The Hall–Kier alpha value is -2.31. The summed E-state index contributed by atoms with van der Waals surface area (Å²) in [6, 6.07) is 14.0. The number of rotatable bonds is 8. The van der Waals surface area contributed by atoms with E-state index in [1.807, 2.05) is 36.6 Å². The molecule has 0 spiro atoms. The van der Waals surface area contributed by atoms with Crippen LogP contribution in [0.2, 0.25) is 0 Å². The molecule has 6 heteroatoms. The Balaban J connectivity index is 1.57. The SMILES string of the molecule is CCOc1ccccc1NC(=O)Cc1csc(SCc2cc(C)ccc2C)n1. The lowest BCUT2D eigenvalue weighted by Gasteiger charge is -2.10. The predicted molar refractivity (Wildman–Crippen MR) is 118 cm³/mol. The number of hydrogen-bond acceptors (Lipinski definition) is 5. The first-order valence-corrected chi connectivity index (χ1v) is 11.1. The highest BCUT2D eigenvalue weighted by Gasteiger charge is 2.11. The van der Waals surface area contributed by atoms with Crippen LogP contribution in [0.15, 0.2) is 52.2 Å². The minimum Gasteiger partial charge on any atom is -0.492 e. The van der Waals surface area contributed by atoms with E-state index in [0.717, 1.165) is 15.8 Å². The van der Waals surface area contributed by atoms with Crippen LogP contribution in [0.25, 0.3) is 0 Å². The van der Waals surface area contributed by atoms with E-state index in [1.165, 1.54) is 16.7 Å². The minimum atomic E-state index is -0.0940. The number of hydrogen-bond donors (Lipinski definition) is 1. The molecule has 146 valence electrons. The molecule has 0 aliphatic rings. The number of thiazole rings is 1. The average molecular weight is 413 g/mol. The summed E-state index contributed by atoms with van der Waals surface area (Å²) in [5, 5.41) is 4.88. The Bertz CT molecular complexity index is 953. The first kappa shape index (κ1) is 20.4. The molecule has 4 nitrogen and oxygen atoms in total. The van der Waals surface area contributed by atoms with E-state index < -0.39 is 0 Å². The summed E-state index contributed by atoms with van der Waals surface area (Å²) in [4.78, 5) is 17.0. The maximum Gasteiger partial charge on any atom is 0.230 e. The molecule has 2 aromatic carbocycles. The van der Waals surface area contributed by atoms with Crippen molar-refractivity contribution in [1.82, 2.24) is 4.98 Å². The maximum absolute atomic E-state index is 12.4. The largest absolute Gasteiger partial charge is 0.492 e. The van der Waals surface area contributed by atoms with Crippen molar-refractivity contribution in [2.24, 2.45) is 0 Å². The van der Waals surface area contributed by atoms with Gasteiger partial charge in [-0.15, -0.1) is 11.3 Å². The fourth-order valence-electron chi connectivity index (χ4n) is 2.74. The summed E-state index contributed by atoms with van der Waals surface area (Å²) in [5.41, 5.74) is 5.37. The van der Waals surface area contributed by atoms with E-state index in [4.69, 9.17) is 4.74 Å². The molecule has 0 atom stereocenters. The van der Waals surface area contributed by atoms with Crippen LogP contribution >= 0.6 is 23.1 Å². The summed E-state index contributed by atoms with van der Waals surface area (Å²) < 4.78 is 6.54. The number of carbonyl (C=O) groups excluding carboxylic acids is 1. The van der Waals surface area contributed by atoms with Crippen LogP contribution in [0.4, 0.5) is 5.69 Å². The molecule has 0 saturated carbocycles. The van der Waals surface area contributed by atoms with Crippen LogP contribution in [-0.4, -0.2) is 17.5 Å². The van der Waals surface area contributed by atoms with Crippen molar-refractivity contribution in [3.8, 4) is 5.75 Å². The lowest BCUT2D eigenvalue weighted by Crippen LogP contribution is -2.15. The van der Waals surface area contributed by atoms with Gasteiger partial charge in [0.15, 0.2) is 0 Å². The second kappa shape index (κ2) is 9.75. The topological polar surface area (TPSA) is 51.2 Å². The van der Waals surface area contributed by atoms with Gasteiger partial charge in [0.25, 0.3) is 0 Å². The molecule has 1 amide bonds. The molecule has 28 heavy (non-hydrogen) atoms. The fraction of sp³-hybridized carbons (Fsp3) is 0.273. The lowest BCUT2D eigenvalue weighted by atomic mass is 10.1. The van der Waals surface area contributed by atoms with Gasteiger partial charge in [-0.1, -0.05) is 47.7 Å². The quantitative estimate of drug-likeness (QED) is 0.487. The van der Waals surface area contributed by atoms with Crippen molar-refractivity contribution in [3.63, 3.8) is 0 Å². The predicted octanol–water partition coefficient (Wildman–Crippen LogP) is 5.63. The first-order chi connectivity index (χ1) is 13.5. The number of aromatic nitrogens is 1. The van der Waals surface area contributed by atoms with Crippen LogP contribution < -0.4 is 10.1 Å². The van der Waals surface area contributed by atoms with Crippen molar-refractivity contribution >= 4 is 34.7 Å². The van der Waals surface area contributed by atoms with Crippen molar-refractivity contribution in [3.05, 3.63) is 70.2 Å². The number of aryl methyl sites for hydroxylation is 2. The lowest BCUT2D eigenvalue weighted by molar-refractivity contribution is -0.115. The van der Waals surface area contributed by atoms with Crippen LogP contribution in [0.3, 0.4) is 0 Å². The standard InChI is InChI=1S/C22H24N2O2S2/c1-4-26-20-8-6-5-7-19(20)24-21(25)12-18-14-28-22(23-18)27-13-17-11-15(2)9-10-16(17)3/h5-11,14H,4,12-13H2,1-3H3,(H,24,25). The van der Waals surface area contributed by atoms with Crippen LogP contribution in [-0.2, 0) is 17.0 Å². The van der Waals surface area contributed by atoms with Gasteiger partial charge in [-0.3, -0.25) is 4.79 Å². The Kier molecular flexibility index (Phi) is 7.12.